The van der Waals surface area contributed by atoms with Gasteiger partial charge in [0, 0.05) is 13.6 Å². The molecule has 198 valence electrons. The van der Waals surface area contributed by atoms with E-state index in [1.54, 1.807) is 55.6 Å². The van der Waals surface area contributed by atoms with Crippen LogP contribution in [0.5, 0.6) is 17.2 Å². The third-order valence-corrected chi connectivity index (χ3v) is 5.34. The number of benzene rings is 3. The van der Waals surface area contributed by atoms with Gasteiger partial charge in [-0.25, -0.2) is 4.79 Å². The molecule has 0 heterocycles. The van der Waals surface area contributed by atoms with Gasteiger partial charge in [-0.1, -0.05) is 30.3 Å². The van der Waals surface area contributed by atoms with Crippen LogP contribution in [0.1, 0.15) is 12.5 Å². The van der Waals surface area contributed by atoms with E-state index in [9.17, 15) is 14.7 Å². The third-order valence-electron chi connectivity index (χ3n) is 5.34. The molecule has 1 amide bonds. The van der Waals surface area contributed by atoms with Gasteiger partial charge < -0.3 is 19.3 Å². The number of aliphatic imine (C=N–C) groups is 1. The molecule has 3 aromatic rings. The molecule has 0 radical (unpaired) electrons. The molecule has 3 rings (SSSR count). The van der Waals surface area contributed by atoms with Gasteiger partial charge in [-0.3, -0.25) is 20.1 Å². The van der Waals surface area contributed by atoms with Crippen molar-refractivity contribution in [2.24, 2.45) is 10.1 Å². The average molecular weight is 519 g/mol. The molecule has 3 aromatic carbocycles. The molecule has 10 nitrogen and oxygen atoms in total. The van der Waals surface area contributed by atoms with E-state index in [0.29, 0.717) is 28.5 Å². The number of carboxylic acids is 1. The fourth-order valence-corrected chi connectivity index (χ4v) is 3.28. The van der Waals surface area contributed by atoms with Crippen LogP contribution >= 0.6 is 0 Å². The molecule has 0 aliphatic rings. The van der Waals surface area contributed by atoms with Gasteiger partial charge in [0.25, 0.3) is 0 Å². The lowest BCUT2D eigenvalue weighted by molar-refractivity contribution is -0.138. The second kappa shape index (κ2) is 14.0. The van der Waals surface area contributed by atoms with Crippen LogP contribution in [0, 0.1) is 0 Å². The van der Waals surface area contributed by atoms with E-state index >= 15 is 0 Å². The highest BCUT2D eigenvalue weighted by Crippen LogP contribution is 2.19. The lowest BCUT2D eigenvalue weighted by atomic mass is 10.2. The minimum absolute atomic E-state index is 0.0418. The summed E-state index contributed by atoms with van der Waals surface area (Å²) in [7, 11) is 3.20. The van der Waals surface area contributed by atoms with Crippen LogP contribution in [-0.2, 0) is 11.3 Å². The first kappa shape index (κ1) is 27.7. The molecule has 0 aromatic heterocycles. The highest BCUT2D eigenvalue weighted by Gasteiger charge is 2.20. The van der Waals surface area contributed by atoms with Gasteiger partial charge in [0.2, 0.25) is 0 Å². The predicted octanol–water partition coefficient (Wildman–Crippen LogP) is 4.72. The second-order valence-corrected chi connectivity index (χ2v) is 8.07. The molecule has 0 saturated carbocycles. The van der Waals surface area contributed by atoms with Gasteiger partial charge in [-0.05, 0) is 61.0 Å². The van der Waals surface area contributed by atoms with Crippen LogP contribution < -0.4 is 19.6 Å². The van der Waals surface area contributed by atoms with E-state index in [1.807, 2.05) is 37.3 Å². The number of anilines is 1. The standard InChI is InChI=1S/C28H30N4O6/c1-20(30-31-22-7-5-4-6-8-22)26(29-2)19-37-24-11-9-21(10-12-24)17-32(18-27(33)34)28(35)38-25-15-13-23(36-3)14-16-25/h4-16,31H,17-19H2,1-3H3,(H,33,34)/b29-26?,30-20-. The number of aliphatic carboxylic acids is 1. The normalized spacial score (nSPS) is 11.4. The summed E-state index contributed by atoms with van der Waals surface area (Å²) in [6.07, 6.45) is -0.777. The minimum atomic E-state index is -1.15. The summed E-state index contributed by atoms with van der Waals surface area (Å²) in [5.41, 5.74) is 5.92. The monoisotopic (exact) mass is 518 g/mol. The van der Waals surface area contributed by atoms with Gasteiger partial charge in [0.05, 0.1) is 24.2 Å². The molecule has 0 aliphatic carbocycles. The lowest BCUT2D eigenvalue weighted by Crippen LogP contribution is -2.37. The summed E-state index contributed by atoms with van der Waals surface area (Å²) >= 11 is 0. The molecule has 0 atom stereocenters. The molecule has 38 heavy (non-hydrogen) atoms. The Morgan fingerprint density at radius 2 is 1.55 bits per heavy atom. The van der Waals surface area contributed by atoms with E-state index in [-0.39, 0.29) is 18.9 Å². The maximum atomic E-state index is 12.6. The molecular formula is C28H30N4O6. The third kappa shape index (κ3) is 8.66. The van der Waals surface area contributed by atoms with Crippen molar-refractivity contribution < 1.29 is 28.9 Å². The quantitative estimate of drug-likeness (QED) is 0.263. The smallest absolute Gasteiger partial charge is 0.416 e. The summed E-state index contributed by atoms with van der Waals surface area (Å²) < 4.78 is 16.3. The first-order valence-corrected chi connectivity index (χ1v) is 11.7. The number of hydrogen-bond donors (Lipinski definition) is 2. The Morgan fingerprint density at radius 3 is 2.16 bits per heavy atom. The average Bonchev–Trinajstić information content (AvgIpc) is 2.93. The first-order valence-electron chi connectivity index (χ1n) is 11.7. The molecule has 0 aliphatic heterocycles. The Balaban J connectivity index is 1.57. The largest absolute Gasteiger partial charge is 0.497 e. The van der Waals surface area contributed by atoms with Crippen LogP contribution in [0.4, 0.5) is 10.5 Å². The van der Waals surface area contributed by atoms with E-state index in [2.05, 4.69) is 15.5 Å². The molecule has 0 saturated heterocycles. The van der Waals surface area contributed by atoms with Crippen molar-refractivity contribution in [2.75, 3.05) is 32.7 Å². The summed E-state index contributed by atoms with van der Waals surface area (Å²) in [5.74, 6) is 0.324. The van der Waals surface area contributed by atoms with Crippen molar-refractivity contribution in [1.29, 1.82) is 0 Å². The number of para-hydroxylation sites is 1. The second-order valence-electron chi connectivity index (χ2n) is 8.07. The van der Waals surface area contributed by atoms with E-state index < -0.39 is 18.6 Å². The van der Waals surface area contributed by atoms with Crippen molar-refractivity contribution in [3.8, 4) is 17.2 Å². The maximum Gasteiger partial charge on any atom is 0.416 e. The van der Waals surface area contributed by atoms with Gasteiger partial charge in [-0.2, -0.15) is 5.10 Å². The fraction of sp³-hybridized carbons (Fsp3) is 0.214. The zero-order valence-electron chi connectivity index (χ0n) is 21.5. The number of ether oxygens (including phenoxy) is 3. The van der Waals surface area contributed by atoms with Crippen molar-refractivity contribution >= 4 is 29.2 Å². The number of carboxylic acid groups (broad SMARTS) is 1. The van der Waals surface area contributed by atoms with Crippen molar-refractivity contribution in [1.82, 2.24) is 4.90 Å². The number of nitrogens with zero attached hydrogens (tertiary/aromatic N) is 3. The summed E-state index contributed by atoms with van der Waals surface area (Å²) in [4.78, 5) is 29.4. The number of methoxy groups -OCH3 is 1. The molecular weight excluding hydrogens is 488 g/mol. The van der Waals surface area contributed by atoms with Crippen LogP contribution in [0.15, 0.2) is 89.0 Å². The number of carbonyl (C=O) groups is 2. The maximum absolute atomic E-state index is 12.6. The minimum Gasteiger partial charge on any atom is -0.497 e. The Hall–Kier alpha value is -4.86. The molecule has 2 N–H and O–H groups in total. The van der Waals surface area contributed by atoms with Gasteiger partial charge in [-0.15, -0.1) is 0 Å². The number of amides is 1. The Labute approximate surface area is 221 Å². The first-order chi connectivity index (χ1) is 18.4. The van der Waals surface area contributed by atoms with Crippen molar-refractivity contribution in [2.45, 2.75) is 13.5 Å². The van der Waals surface area contributed by atoms with Crippen molar-refractivity contribution in [3.63, 3.8) is 0 Å². The van der Waals surface area contributed by atoms with E-state index in [0.717, 1.165) is 10.6 Å². The zero-order valence-corrected chi connectivity index (χ0v) is 21.5. The summed E-state index contributed by atoms with van der Waals surface area (Å²) in [6.45, 7) is 1.58. The Morgan fingerprint density at radius 1 is 0.921 bits per heavy atom. The van der Waals surface area contributed by atoms with Crippen LogP contribution in [-0.4, -0.2) is 60.8 Å². The lowest BCUT2D eigenvalue weighted by Gasteiger charge is -2.20. The number of nitrogens with one attached hydrogen (secondary N) is 1. The molecule has 0 fully saturated rings. The van der Waals surface area contributed by atoms with Gasteiger partial charge in [0.15, 0.2) is 0 Å². The summed E-state index contributed by atoms with van der Waals surface area (Å²) in [5, 5.41) is 13.6. The molecule has 0 bridgehead atoms. The topological polar surface area (TPSA) is 122 Å². The fourth-order valence-electron chi connectivity index (χ4n) is 3.28. The van der Waals surface area contributed by atoms with Gasteiger partial charge >= 0.3 is 12.1 Å². The van der Waals surface area contributed by atoms with E-state index in [1.165, 1.54) is 7.11 Å². The molecule has 0 unspecified atom stereocenters. The predicted molar refractivity (Wildman–Crippen MR) is 146 cm³/mol. The van der Waals surface area contributed by atoms with E-state index in [4.69, 9.17) is 14.2 Å². The Kier molecular flexibility index (Phi) is 10.2. The summed E-state index contributed by atoms with van der Waals surface area (Å²) in [6, 6.07) is 23.0. The molecule has 0 spiro atoms. The highest BCUT2D eigenvalue weighted by molar-refractivity contribution is 6.42. The van der Waals surface area contributed by atoms with Gasteiger partial charge in [0.1, 0.15) is 30.4 Å². The van der Waals surface area contributed by atoms with Crippen LogP contribution in [0.3, 0.4) is 0 Å². The highest BCUT2D eigenvalue weighted by atomic mass is 16.6. The SMILES string of the molecule is CN=C(COc1ccc(CN(CC(=O)O)C(=O)Oc2ccc(OC)cc2)cc1)/C(C)=N\Nc1ccccc1. The number of hydrogen-bond acceptors (Lipinski definition) is 8. The number of rotatable bonds is 12. The zero-order chi connectivity index (χ0) is 27.3. The van der Waals surface area contributed by atoms with Crippen molar-refractivity contribution in [3.05, 3.63) is 84.4 Å². The van der Waals surface area contributed by atoms with Crippen LogP contribution in [0.2, 0.25) is 0 Å². The number of carbonyl (C=O) groups excluding carboxylic acids is 1. The Bertz CT molecular complexity index is 1260. The number of hydrazone groups is 1. The van der Waals surface area contributed by atoms with Crippen LogP contribution in [0.25, 0.3) is 0 Å². The molecule has 10 heteroatoms.